The smallest absolute Gasteiger partial charge is 0.255 e. The molecule has 4 rings (SSSR count). The van der Waals surface area contributed by atoms with Gasteiger partial charge in [-0.05, 0) is 51.4 Å². The number of likely N-dealkylation sites (N-methyl/N-ethyl adjacent to an activating group) is 1. The molecule has 6 N–H and O–H groups in total. The van der Waals surface area contributed by atoms with Gasteiger partial charge in [0.15, 0.2) is 17.2 Å². The Morgan fingerprint density at radius 2 is 1.72 bits per heavy atom. The largest absolute Gasteiger partial charge is 0.508 e. The third kappa shape index (κ3) is 3.19. The number of aliphatic hydroxyl groups excluding tert-OH is 2. The number of phenolic OH excluding ortho intramolecular Hbond substituents is 1. The Hall–Kier alpha value is -3.70. The summed E-state index contributed by atoms with van der Waals surface area (Å²) in [6.45, 7) is 1.25. The van der Waals surface area contributed by atoms with Crippen molar-refractivity contribution in [1.29, 1.82) is 0 Å². The Morgan fingerprint density at radius 1 is 1.11 bits per heavy atom. The number of fused-ring (bicyclic) bond motifs is 3. The lowest BCUT2D eigenvalue weighted by atomic mass is 9.57. The van der Waals surface area contributed by atoms with Crippen LogP contribution in [-0.2, 0) is 20.8 Å². The second-order valence-electron chi connectivity index (χ2n) is 10.1. The number of hydrogen-bond donors (Lipinski definition) is 5. The van der Waals surface area contributed by atoms with Gasteiger partial charge in [0.1, 0.15) is 22.8 Å². The first-order valence-electron chi connectivity index (χ1n) is 11.4. The first-order chi connectivity index (χ1) is 16.7. The van der Waals surface area contributed by atoms with E-state index in [9.17, 15) is 39.6 Å². The van der Waals surface area contributed by atoms with Crippen LogP contribution in [0.15, 0.2) is 23.0 Å². The molecule has 0 spiro atoms. The predicted molar refractivity (Wildman–Crippen MR) is 129 cm³/mol. The average Bonchev–Trinajstić information content (AvgIpc) is 2.75. The summed E-state index contributed by atoms with van der Waals surface area (Å²) in [5, 5.41) is 44.7. The van der Waals surface area contributed by atoms with E-state index in [1.165, 1.54) is 17.9 Å². The van der Waals surface area contributed by atoms with E-state index >= 15 is 0 Å². The molecule has 1 aromatic rings. The number of Topliss-reactive ketones (excluding diaryl/α,β-unsaturated/α-hetero) is 3. The summed E-state index contributed by atoms with van der Waals surface area (Å²) < 4.78 is 0. The molecule has 36 heavy (non-hydrogen) atoms. The molecule has 11 heteroatoms. The van der Waals surface area contributed by atoms with Gasteiger partial charge in [-0.25, -0.2) is 0 Å². The van der Waals surface area contributed by atoms with E-state index in [2.05, 4.69) is 0 Å². The highest BCUT2D eigenvalue weighted by Crippen LogP contribution is 2.54. The molecule has 3 aliphatic rings. The number of carbonyl (C=O) groups excluding carboxylic acids is 4. The van der Waals surface area contributed by atoms with Crippen molar-refractivity contribution in [2.75, 3.05) is 33.1 Å². The van der Waals surface area contributed by atoms with E-state index in [4.69, 9.17) is 5.73 Å². The van der Waals surface area contributed by atoms with Gasteiger partial charge in [-0.3, -0.25) is 24.1 Å². The van der Waals surface area contributed by atoms with Crippen molar-refractivity contribution < 1.29 is 39.6 Å². The van der Waals surface area contributed by atoms with Crippen LogP contribution < -0.4 is 10.6 Å². The molecule has 1 saturated carbocycles. The summed E-state index contributed by atoms with van der Waals surface area (Å²) in [6.07, 6.45) is 0.141. The van der Waals surface area contributed by atoms with E-state index < -0.39 is 69.6 Å². The zero-order valence-corrected chi connectivity index (χ0v) is 20.6. The van der Waals surface area contributed by atoms with Gasteiger partial charge in [0.25, 0.3) is 5.91 Å². The van der Waals surface area contributed by atoms with Crippen molar-refractivity contribution in [2.24, 2.45) is 17.6 Å². The molecule has 4 atom stereocenters. The highest BCUT2D eigenvalue weighted by Gasteiger charge is 2.64. The van der Waals surface area contributed by atoms with Crippen molar-refractivity contribution in [2.45, 2.75) is 31.4 Å². The number of phenols is 1. The van der Waals surface area contributed by atoms with Crippen molar-refractivity contribution in [3.63, 3.8) is 0 Å². The first-order valence-corrected chi connectivity index (χ1v) is 11.4. The standard InChI is InChI=1S/C25H29N3O8/c1-9(29)11-8-14(27(2)3)12-6-10-7-13-18(28(4)5)21(32)17(24(26)35)23(34)25(13,36)22(33)15(10)20(31)16(12)19(11)30/h8,10,13,18,30-31,34,36H,6-7H2,1-5H3,(H2,26,35)/t10-,13-,18-,25-/m0/s1. The van der Waals surface area contributed by atoms with Gasteiger partial charge < -0.3 is 31.1 Å². The Bertz CT molecular complexity index is 1310. The minimum atomic E-state index is -2.71. The quantitative estimate of drug-likeness (QED) is 0.284. The van der Waals surface area contributed by atoms with E-state index in [1.807, 2.05) is 0 Å². The first kappa shape index (κ1) is 25.4. The number of primary amides is 1. The monoisotopic (exact) mass is 499 g/mol. The Balaban J connectivity index is 2.03. The fourth-order valence-electron chi connectivity index (χ4n) is 5.96. The molecule has 3 aliphatic carbocycles. The number of hydrogen-bond acceptors (Lipinski definition) is 10. The number of ketones is 3. The van der Waals surface area contributed by atoms with E-state index in [1.54, 1.807) is 33.1 Å². The number of benzene rings is 1. The van der Waals surface area contributed by atoms with Crippen molar-refractivity contribution in [1.82, 2.24) is 4.90 Å². The van der Waals surface area contributed by atoms with E-state index in [-0.39, 0.29) is 29.5 Å². The zero-order chi connectivity index (χ0) is 27.0. The maximum Gasteiger partial charge on any atom is 0.255 e. The molecule has 1 fully saturated rings. The molecule has 0 bridgehead atoms. The highest BCUT2D eigenvalue weighted by atomic mass is 16.3. The number of nitrogens with zero attached hydrogens (tertiary/aromatic N) is 2. The number of anilines is 1. The number of aromatic hydroxyl groups is 1. The lowest BCUT2D eigenvalue weighted by molar-refractivity contribution is -0.153. The number of carbonyl (C=O) groups is 4. The summed E-state index contributed by atoms with van der Waals surface area (Å²) in [6, 6.07) is 0.361. The van der Waals surface area contributed by atoms with Crippen LogP contribution in [0.2, 0.25) is 0 Å². The minimum Gasteiger partial charge on any atom is -0.508 e. The SMILES string of the molecule is CC(=O)c1cc(N(C)C)c2c(c1O)C(O)=C1C(=O)[C@]3(O)C(O)=C(C(N)=O)C(=O)[C@@H](N(C)C)[C@@H]3C[C@@H]1C2. The number of aliphatic hydroxyl groups is 3. The zero-order valence-electron chi connectivity index (χ0n) is 20.6. The molecule has 1 amide bonds. The molecule has 192 valence electrons. The van der Waals surface area contributed by atoms with Crippen molar-refractivity contribution >= 4 is 34.7 Å². The molecule has 0 saturated heterocycles. The second-order valence-corrected chi connectivity index (χ2v) is 10.1. The number of rotatable bonds is 4. The van der Waals surface area contributed by atoms with Crippen LogP contribution in [0.5, 0.6) is 5.75 Å². The summed E-state index contributed by atoms with van der Waals surface area (Å²) in [5.41, 5.74) is 2.36. The molecular formula is C25H29N3O8. The van der Waals surface area contributed by atoms with Crippen LogP contribution >= 0.6 is 0 Å². The molecule has 11 nitrogen and oxygen atoms in total. The highest BCUT2D eigenvalue weighted by molar-refractivity contribution is 6.24. The third-order valence-electron chi connectivity index (χ3n) is 7.56. The van der Waals surface area contributed by atoms with Gasteiger partial charge in [-0.2, -0.15) is 0 Å². The van der Waals surface area contributed by atoms with E-state index in [0.29, 0.717) is 11.3 Å². The Labute approximate surface area is 207 Å². The van der Waals surface area contributed by atoms with Gasteiger partial charge in [-0.15, -0.1) is 0 Å². The topological polar surface area (TPSA) is 182 Å². The van der Waals surface area contributed by atoms with Gasteiger partial charge >= 0.3 is 0 Å². The van der Waals surface area contributed by atoms with Crippen LogP contribution in [0, 0.1) is 11.8 Å². The fraction of sp³-hybridized carbons (Fsp3) is 0.440. The lowest BCUT2D eigenvalue weighted by Gasteiger charge is -2.50. The minimum absolute atomic E-state index is 0.00610. The van der Waals surface area contributed by atoms with Crippen LogP contribution in [0.1, 0.15) is 34.8 Å². The summed E-state index contributed by atoms with van der Waals surface area (Å²) in [4.78, 5) is 54.3. The maximum absolute atomic E-state index is 13.8. The molecule has 0 aromatic heterocycles. The van der Waals surface area contributed by atoms with Crippen LogP contribution in [-0.4, -0.2) is 88.4 Å². The van der Waals surface area contributed by atoms with E-state index in [0.717, 1.165) is 0 Å². The van der Waals surface area contributed by atoms with Crippen LogP contribution in [0.3, 0.4) is 0 Å². The Morgan fingerprint density at radius 3 is 2.22 bits per heavy atom. The van der Waals surface area contributed by atoms with Gasteiger partial charge in [-0.1, -0.05) is 0 Å². The summed E-state index contributed by atoms with van der Waals surface area (Å²) in [5.74, 6) is -7.77. The third-order valence-corrected chi connectivity index (χ3v) is 7.56. The molecule has 0 heterocycles. The van der Waals surface area contributed by atoms with Gasteiger partial charge in [0.05, 0.1) is 17.2 Å². The predicted octanol–water partition coefficient (Wildman–Crippen LogP) is 0.233. The Kier molecular flexibility index (Phi) is 5.76. The van der Waals surface area contributed by atoms with Crippen molar-refractivity contribution in [3.05, 3.63) is 39.7 Å². The average molecular weight is 500 g/mol. The normalized spacial score (nSPS) is 27.6. The number of amides is 1. The molecule has 0 radical (unpaired) electrons. The fourth-order valence-corrected chi connectivity index (χ4v) is 5.96. The summed E-state index contributed by atoms with van der Waals surface area (Å²) in [7, 11) is 6.54. The van der Waals surface area contributed by atoms with Crippen LogP contribution in [0.25, 0.3) is 5.76 Å². The second kappa shape index (κ2) is 8.17. The maximum atomic E-state index is 13.8. The van der Waals surface area contributed by atoms with Crippen molar-refractivity contribution in [3.8, 4) is 5.75 Å². The van der Waals surface area contributed by atoms with Gasteiger partial charge in [0, 0.05) is 31.3 Å². The molecule has 1 aromatic carbocycles. The molecule has 0 aliphatic heterocycles. The summed E-state index contributed by atoms with van der Waals surface area (Å²) >= 11 is 0. The lowest BCUT2D eigenvalue weighted by Crippen LogP contribution is -2.65. The molecule has 0 unspecified atom stereocenters. The number of nitrogens with two attached hydrogens (primary N) is 1. The molecular weight excluding hydrogens is 470 g/mol. The van der Waals surface area contributed by atoms with Crippen LogP contribution in [0.4, 0.5) is 5.69 Å². The van der Waals surface area contributed by atoms with Gasteiger partial charge in [0.2, 0.25) is 5.78 Å².